The minimum atomic E-state index is -0.511. The van der Waals surface area contributed by atoms with Crippen LogP contribution in [0.25, 0.3) is 0 Å². The normalized spacial score (nSPS) is 10.6. The number of nitrogens with zero attached hydrogens (tertiary/aromatic N) is 1. The molecule has 3 rings (SSSR count). The Morgan fingerprint density at radius 2 is 1.88 bits per heavy atom. The van der Waals surface area contributed by atoms with E-state index < -0.39 is 11.5 Å². The van der Waals surface area contributed by atoms with Gasteiger partial charge in [0.15, 0.2) is 0 Å². The highest BCUT2D eigenvalue weighted by Gasteiger charge is 2.13. The third kappa shape index (κ3) is 4.00. The summed E-state index contributed by atoms with van der Waals surface area (Å²) in [4.78, 5) is 25.1. The number of hydrogen-bond donors (Lipinski definition) is 1. The predicted molar refractivity (Wildman–Crippen MR) is 100 cm³/mol. The average molecular weight is 371 g/mol. The van der Waals surface area contributed by atoms with Crippen LogP contribution in [0.5, 0.6) is 0 Å². The van der Waals surface area contributed by atoms with Crippen LogP contribution < -0.4 is 10.9 Å². The molecule has 0 spiro atoms. The third-order valence-electron chi connectivity index (χ3n) is 3.96. The summed E-state index contributed by atoms with van der Waals surface area (Å²) in [7, 11) is 0. The number of hydrogen-bond acceptors (Lipinski definition) is 2. The molecule has 4 nitrogen and oxygen atoms in total. The molecule has 1 N–H and O–H groups in total. The first-order valence-electron chi connectivity index (χ1n) is 7.95. The zero-order valence-electron chi connectivity index (χ0n) is 14.0. The van der Waals surface area contributed by atoms with E-state index in [9.17, 15) is 14.0 Å². The van der Waals surface area contributed by atoms with Gasteiger partial charge < -0.3 is 9.88 Å². The molecule has 0 bridgehead atoms. The largest absolute Gasteiger partial charge is 0.322 e. The van der Waals surface area contributed by atoms with Crippen LogP contribution in [0.4, 0.5) is 10.1 Å². The molecule has 0 aliphatic rings. The molecule has 6 heteroatoms. The quantitative estimate of drug-likeness (QED) is 0.746. The molecular weight excluding hydrogens is 355 g/mol. The lowest BCUT2D eigenvalue weighted by molar-refractivity contribution is 0.102. The standard InChI is InChI=1S/C20H16ClFN2O2/c1-13-4-9-16(11-18(13)21)23-19(25)17-3-2-10-24(20(17)26)12-14-5-7-15(22)8-6-14/h2-11H,12H2,1H3,(H,23,25). The Morgan fingerprint density at radius 1 is 1.15 bits per heavy atom. The van der Waals surface area contributed by atoms with Gasteiger partial charge in [0.1, 0.15) is 11.4 Å². The maximum atomic E-state index is 13.0. The summed E-state index contributed by atoms with van der Waals surface area (Å²) in [5, 5.41) is 3.21. The average Bonchev–Trinajstić information content (AvgIpc) is 2.62. The zero-order chi connectivity index (χ0) is 18.7. The number of aromatic nitrogens is 1. The second kappa shape index (κ2) is 7.54. The van der Waals surface area contributed by atoms with E-state index in [1.54, 1.807) is 42.6 Å². The molecule has 0 aliphatic carbocycles. The number of pyridine rings is 1. The van der Waals surface area contributed by atoms with Gasteiger partial charge >= 0.3 is 0 Å². The number of amides is 1. The first kappa shape index (κ1) is 17.9. The Bertz CT molecular complexity index is 1010. The Morgan fingerprint density at radius 3 is 2.58 bits per heavy atom. The van der Waals surface area contributed by atoms with Gasteiger partial charge in [-0.2, -0.15) is 0 Å². The highest BCUT2D eigenvalue weighted by atomic mass is 35.5. The van der Waals surface area contributed by atoms with Gasteiger partial charge in [0.2, 0.25) is 0 Å². The Balaban J connectivity index is 1.83. The molecule has 2 aromatic carbocycles. The lowest BCUT2D eigenvalue weighted by Gasteiger charge is -2.10. The molecule has 1 aromatic heterocycles. The summed E-state index contributed by atoms with van der Waals surface area (Å²) in [5.74, 6) is -0.852. The minimum Gasteiger partial charge on any atom is -0.322 e. The fourth-order valence-corrected chi connectivity index (χ4v) is 2.67. The summed E-state index contributed by atoms with van der Waals surface area (Å²) in [6.45, 7) is 2.11. The Labute approximate surface area is 154 Å². The molecule has 0 fully saturated rings. The summed E-state index contributed by atoms with van der Waals surface area (Å²) < 4.78 is 14.4. The number of rotatable bonds is 4. The van der Waals surface area contributed by atoms with Gasteiger partial charge in [0.25, 0.3) is 11.5 Å². The molecule has 1 amide bonds. The molecule has 0 saturated heterocycles. The molecular formula is C20H16ClFN2O2. The van der Waals surface area contributed by atoms with Crippen LogP contribution in [0.2, 0.25) is 5.02 Å². The van der Waals surface area contributed by atoms with Crippen LogP contribution in [0, 0.1) is 12.7 Å². The van der Waals surface area contributed by atoms with Crippen LogP contribution in [-0.4, -0.2) is 10.5 Å². The molecule has 26 heavy (non-hydrogen) atoms. The van der Waals surface area contributed by atoms with E-state index >= 15 is 0 Å². The van der Waals surface area contributed by atoms with E-state index in [1.165, 1.54) is 22.8 Å². The topological polar surface area (TPSA) is 51.1 Å². The number of nitrogens with one attached hydrogen (secondary N) is 1. The monoisotopic (exact) mass is 370 g/mol. The maximum absolute atomic E-state index is 13.0. The first-order valence-corrected chi connectivity index (χ1v) is 8.33. The molecule has 132 valence electrons. The Hall–Kier alpha value is -2.92. The van der Waals surface area contributed by atoms with Crippen LogP contribution in [0.15, 0.2) is 65.6 Å². The lowest BCUT2D eigenvalue weighted by Crippen LogP contribution is -2.29. The van der Waals surface area contributed by atoms with Crippen molar-refractivity contribution in [1.29, 1.82) is 0 Å². The second-order valence-electron chi connectivity index (χ2n) is 5.90. The van der Waals surface area contributed by atoms with Crippen molar-refractivity contribution in [3.8, 4) is 0 Å². The summed E-state index contributed by atoms with van der Waals surface area (Å²) in [6, 6.07) is 14.1. The SMILES string of the molecule is Cc1ccc(NC(=O)c2cccn(Cc3ccc(F)cc3)c2=O)cc1Cl. The van der Waals surface area contributed by atoms with Crippen molar-refractivity contribution in [2.24, 2.45) is 0 Å². The molecule has 0 unspecified atom stereocenters. The summed E-state index contributed by atoms with van der Waals surface area (Å²) in [6.07, 6.45) is 1.59. The van der Waals surface area contributed by atoms with E-state index in [1.807, 2.05) is 6.92 Å². The third-order valence-corrected chi connectivity index (χ3v) is 4.37. The van der Waals surface area contributed by atoms with E-state index in [2.05, 4.69) is 5.32 Å². The van der Waals surface area contributed by atoms with Gasteiger partial charge in [0, 0.05) is 16.9 Å². The van der Waals surface area contributed by atoms with Crippen molar-refractivity contribution in [2.45, 2.75) is 13.5 Å². The molecule has 0 radical (unpaired) electrons. The second-order valence-corrected chi connectivity index (χ2v) is 6.31. The molecule has 3 aromatic rings. The molecule has 0 atom stereocenters. The number of carbonyl (C=O) groups is 1. The van der Waals surface area contributed by atoms with Crippen molar-refractivity contribution in [3.05, 3.63) is 98.7 Å². The summed E-state index contributed by atoms with van der Waals surface area (Å²) >= 11 is 6.06. The van der Waals surface area contributed by atoms with Gasteiger partial charge in [-0.25, -0.2) is 4.39 Å². The van der Waals surface area contributed by atoms with Crippen molar-refractivity contribution in [1.82, 2.24) is 4.57 Å². The maximum Gasteiger partial charge on any atom is 0.263 e. The predicted octanol–water partition coefficient (Wildman–Crippen LogP) is 4.25. The van der Waals surface area contributed by atoms with E-state index in [0.29, 0.717) is 10.7 Å². The van der Waals surface area contributed by atoms with Crippen LogP contribution in [0.1, 0.15) is 21.5 Å². The highest BCUT2D eigenvalue weighted by molar-refractivity contribution is 6.31. The number of carbonyl (C=O) groups excluding carboxylic acids is 1. The first-order chi connectivity index (χ1) is 12.4. The van der Waals surface area contributed by atoms with Crippen molar-refractivity contribution in [3.63, 3.8) is 0 Å². The van der Waals surface area contributed by atoms with E-state index in [4.69, 9.17) is 11.6 Å². The van der Waals surface area contributed by atoms with Crippen LogP contribution in [-0.2, 0) is 6.54 Å². The number of aryl methyl sites for hydroxylation is 1. The molecule has 0 aliphatic heterocycles. The van der Waals surface area contributed by atoms with Crippen molar-refractivity contribution in [2.75, 3.05) is 5.32 Å². The fraction of sp³-hybridized carbons (Fsp3) is 0.100. The van der Waals surface area contributed by atoms with Gasteiger partial charge in [-0.05, 0) is 54.4 Å². The number of benzene rings is 2. The summed E-state index contributed by atoms with van der Waals surface area (Å²) in [5.41, 5.74) is 1.76. The molecule has 0 saturated carbocycles. The van der Waals surface area contributed by atoms with E-state index in [0.717, 1.165) is 11.1 Å². The van der Waals surface area contributed by atoms with E-state index in [-0.39, 0.29) is 17.9 Å². The minimum absolute atomic E-state index is 0.0197. The molecule has 1 heterocycles. The zero-order valence-corrected chi connectivity index (χ0v) is 14.8. The highest BCUT2D eigenvalue weighted by Crippen LogP contribution is 2.20. The lowest BCUT2D eigenvalue weighted by atomic mass is 10.2. The smallest absolute Gasteiger partial charge is 0.263 e. The number of halogens is 2. The van der Waals surface area contributed by atoms with Crippen LogP contribution >= 0.6 is 11.6 Å². The van der Waals surface area contributed by atoms with Crippen molar-refractivity contribution < 1.29 is 9.18 Å². The van der Waals surface area contributed by atoms with Crippen LogP contribution in [0.3, 0.4) is 0 Å². The van der Waals surface area contributed by atoms with Gasteiger partial charge in [-0.3, -0.25) is 9.59 Å². The van der Waals surface area contributed by atoms with Crippen molar-refractivity contribution >= 4 is 23.2 Å². The fourth-order valence-electron chi connectivity index (χ4n) is 2.49. The van der Waals surface area contributed by atoms with Gasteiger partial charge in [-0.15, -0.1) is 0 Å². The number of anilines is 1. The Kier molecular flexibility index (Phi) is 5.19. The van der Waals surface area contributed by atoms with Gasteiger partial charge in [-0.1, -0.05) is 29.8 Å². The van der Waals surface area contributed by atoms with Gasteiger partial charge in [0.05, 0.1) is 6.54 Å².